The fourth-order valence-electron chi connectivity index (χ4n) is 2.57. The Morgan fingerprint density at radius 2 is 1.96 bits per heavy atom. The molecule has 0 spiro atoms. The van der Waals surface area contributed by atoms with E-state index >= 15 is 0 Å². The van der Waals surface area contributed by atoms with Crippen LogP contribution in [-0.2, 0) is 11.2 Å². The van der Waals surface area contributed by atoms with E-state index in [2.05, 4.69) is 35.5 Å². The standard InChI is InChI=1S/C20H21N3OS/c1-14(2)17-7-3-4-8-18(17)23-19-10-9-15(13-21-19)22-20(24)12-16-6-5-11-25-16/h3-11,13-14H,12H2,1-2H3,(H,21,23)(H,22,24). The fourth-order valence-corrected chi connectivity index (χ4v) is 3.27. The van der Waals surface area contributed by atoms with Crippen molar-refractivity contribution >= 4 is 34.4 Å². The van der Waals surface area contributed by atoms with Crippen LogP contribution in [0.4, 0.5) is 17.2 Å². The maximum atomic E-state index is 12.0. The van der Waals surface area contributed by atoms with Gasteiger partial charge in [-0.15, -0.1) is 11.3 Å². The van der Waals surface area contributed by atoms with Crippen LogP contribution < -0.4 is 10.6 Å². The smallest absolute Gasteiger partial charge is 0.229 e. The summed E-state index contributed by atoms with van der Waals surface area (Å²) in [7, 11) is 0. The maximum Gasteiger partial charge on any atom is 0.229 e. The molecule has 3 rings (SSSR count). The molecule has 5 heteroatoms. The molecule has 1 aromatic carbocycles. The zero-order chi connectivity index (χ0) is 17.6. The highest BCUT2D eigenvalue weighted by Crippen LogP contribution is 2.26. The Bertz CT molecular complexity index is 826. The average molecular weight is 351 g/mol. The van der Waals surface area contributed by atoms with Gasteiger partial charge in [0.1, 0.15) is 5.82 Å². The number of rotatable bonds is 6. The van der Waals surface area contributed by atoms with Crippen LogP contribution in [-0.4, -0.2) is 10.9 Å². The number of hydrogen-bond acceptors (Lipinski definition) is 4. The number of nitrogens with one attached hydrogen (secondary N) is 2. The zero-order valence-corrected chi connectivity index (χ0v) is 15.1. The minimum atomic E-state index is -0.0323. The fraction of sp³-hybridized carbons (Fsp3) is 0.200. The molecule has 0 saturated heterocycles. The highest BCUT2D eigenvalue weighted by atomic mass is 32.1. The molecule has 0 aliphatic rings. The van der Waals surface area contributed by atoms with Crippen LogP contribution >= 0.6 is 11.3 Å². The van der Waals surface area contributed by atoms with E-state index in [0.29, 0.717) is 18.0 Å². The van der Waals surface area contributed by atoms with Crippen molar-refractivity contribution in [2.75, 3.05) is 10.6 Å². The summed E-state index contributed by atoms with van der Waals surface area (Å²) in [5.41, 5.74) is 3.00. The summed E-state index contributed by atoms with van der Waals surface area (Å²) < 4.78 is 0. The Morgan fingerprint density at radius 1 is 1.12 bits per heavy atom. The van der Waals surface area contributed by atoms with Crippen molar-refractivity contribution in [2.45, 2.75) is 26.2 Å². The number of amides is 1. The van der Waals surface area contributed by atoms with Gasteiger partial charge in [0.05, 0.1) is 18.3 Å². The van der Waals surface area contributed by atoms with Gasteiger partial charge in [0.15, 0.2) is 0 Å². The molecule has 1 amide bonds. The lowest BCUT2D eigenvalue weighted by Gasteiger charge is -2.14. The Hall–Kier alpha value is -2.66. The van der Waals surface area contributed by atoms with Crippen LogP contribution in [0, 0.1) is 0 Å². The lowest BCUT2D eigenvalue weighted by Crippen LogP contribution is -2.13. The van der Waals surface area contributed by atoms with Crippen molar-refractivity contribution in [1.82, 2.24) is 4.98 Å². The number of carbonyl (C=O) groups is 1. The van der Waals surface area contributed by atoms with Crippen LogP contribution in [0.2, 0.25) is 0 Å². The quantitative estimate of drug-likeness (QED) is 0.642. The summed E-state index contributed by atoms with van der Waals surface area (Å²) in [6.45, 7) is 4.33. The summed E-state index contributed by atoms with van der Waals surface area (Å²) in [4.78, 5) is 17.5. The van der Waals surface area contributed by atoms with Crippen molar-refractivity contribution in [3.8, 4) is 0 Å². The molecule has 4 nitrogen and oxygen atoms in total. The average Bonchev–Trinajstić information content (AvgIpc) is 3.10. The van der Waals surface area contributed by atoms with E-state index in [-0.39, 0.29) is 5.91 Å². The molecule has 0 saturated carbocycles. The predicted molar refractivity (Wildman–Crippen MR) is 105 cm³/mol. The normalized spacial score (nSPS) is 10.7. The molecule has 0 unspecified atom stereocenters. The molecule has 0 radical (unpaired) electrons. The number of hydrogen-bond donors (Lipinski definition) is 2. The summed E-state index contributed by atoms with van der Waals surface area (Å²) >= 11 is 1.58. The molecule has 0 bridgehead atoms. The monoisotopic (exact) mass is 351 g/mol. The number of anilines is 3. The number of aromatic nitrogens is 1. The molecule has 128 valence electrons. The van der Waals surface area contributed by atoms with E-state index in [1.54, 1.807) is 17.5 Å². The maximum absolute atomic E-state index is 12.0. The van der Waals surface area contributed by atoms with E-state index in [1.165, 1.54) is 5.56 Å². The van der Waals surface area contributed by atoms with Crippen LogP contribution in [0.3, 0.4) is 0 Å². The van der Waals surface area contributed by atoms with Crippen molar-refractivity contribution < 1.29 is 4.79 Å². The first-order chi connectivity index (χ1) is 12.1. The predicted octanol–water partition coefficient (Wildman–Crippen LogP) is 5.19. The Balaban J connectivity index is 1.63. The first-order valence-electron chi connectivity index (χ1n) is 8.26. The third kappa shape index (κ3) is 4.67. The number of thiophene rings is 1. The summed E-state index contributed by atoms with van der Waals surface area (Å²) in [5, 5.41) is 8.20. The number of para-hydroxylation sites is 1. The van der Waals surface area contributed by atoms with E-state index in [0.717, 1.165) is 16.4 Å². The molecule has 2 N–H and O–H groups in total. The van der Waals surface area contributed by atoms with Gasteiger partial charge in [0.2, 0.25) is 5.91 Å². The second kappa shape index (κ2) is 7.94. The van der Waals surface area contributed by atoms with Gasteiger partial charge >= 0.3 is 0 Å². The Kier molecular flexibility index (Phi) is 5.46. The molecule has 0 aliphatic heterocycles. The van der Waals surface area contributed by atoms with Gasteiger partial charge in [0, 0.05) is 10.6 Å². The molecule has 3 aromatic rings. The SMILES string of the molecule is CC(C)c1ccccc1Nc1ccc(NC(=O)Cc2cccs2)cn1. The zero-order valence-electron chi connectivity index (χ0n) is 14.3. The van der Waals surface area contributed by atoms with Gasteiger partial charge < -0.3 is 10.6 Å². The number of nitrogens with zero attached hydrogens (tertiary/aromatic N) is 1. The molecular formula is C20H21N3OS. The molecule has 2 aromatic heterocycles. The Labute approximate surface area is 151 Å². The van der Waals surface area contributed by atoms with E-state index in [4.69, 9.17) is 0 Å². The van der Waals surface area contributed by atoms with Gasteiger partial charge in [-0.3, -0.25) is 4.79 Å². The first-order valence-corrected chi connectivity index (χ1v) is 9.14. The minimum Gasteiger partial charge on any atom is -0.340 e. The van der Waals surface area contributed by atoms with Gasteiger partial charge in [0.25, 0.3) is 0 Å². The van der Waals surface area contributed by atoms with E-state index in [9.17, 15) is 4.79 Å². The third-order valence-electron chi connectivity index (χ3n) is 3.81. The molecular weight excluding hydrogens is 330 g/mol. The van der Waals surface area contributed by atoms with Crippen LogP contribution in [0.25, 0.3) is 0 Å². The number of pyridine rings is 1. The van der Waals surface area contributed by atoms with E-state index in [1.807, 2.05) is 47.8 Å². The van der Waals surface area contributed by atoms with Gasteiger partial charge in [-0.05, 0) is 41.1 Å². The highest BCUT2D eigenvalue weighted by Gasteiger charge is 2.08. The molecule has 0 fully saturated rings. The largest absolute Gasteiger partial charge is 0.340 e. The van der Waals surface area contributed by atoms with Crippen LogP contribution in [0.5, 0.6) is 0 Å². The van der Waals surface area contributed by atoms with Crippen molar-refractivity contribution in [1.29, 1.82) is 0 Å². The van der Waals surface area contributed by atoms with Crippen LogP contribution in [0.1, 0.15) is 30.2 Å². The van der Waals surface area contributed by atoms with Gasteiger partial charge in [-0.1, -0.05) is 38.1 Å². The molecule has 2 heterocycles. The molecule has 0 atom stereocenters. The van der Waals surface area contributed by atoms with Gasteiger partial charge in [-0.25, -0.2) is 4.98 Å². The minimum absolute atomic E-state index is 0.0323. The third-order valence-corrected chi connectivity index (χ3v) is 4.68. The van der Waals surface area contributed by atoms with Crippen molar-refractivity contribution in [3.05, 3.63) is 70.5 Å². The number of benzene rings is 1. The topological polar surface area (TPSA) is 54.0 Å². The second-order valence-corrected chi connectivity index (χ2v) is 7.14. The molecule has 25 heavy (non-hydrogen) atoms. The lowest BCUT2D eigenvalue weighted by molar-refractivity contribution is -0.115. The lowest BCUT2D eigenvalue weighted by atomic mass is 10.0. The first kappa shape index (κ1) is 17.2. The van der Waals surface area contributed by atoms with Crippen LogP contribution in [0.15, 0.2) is 60.1 Å². The summed E-state index contributed by atoms with van der Waals surface area (Å²) in [5.74, 6) is 1.15. The van der Waals surface area contributed by atoms with Gasteiger partial charge in [-0.2, -0.15) is 0 Å². The van der Waals surface area contributed by atoms with Crippen molar-refractivity contribution in [2.24, 2.45) is 0 Å². The summed E-state index contributed by atoms with van der Waals surface area (Å²) in [6.07, 6.45) is 2.06. The number of carbonyl (C=O) groups excluding carboxylic acids is 1. The van der Waals surface area contributed by atoms with E-state index < -0.39 is 0 Å². The second-order valence-electron chi connectivity index (χ2n) is 6.10. The molecule has 0 aliphatic carbocycles. The Morgan fingerprint density at radius 3 is 2.64 bits per heavy atom. The summed E-state index contributed by atoms with van der Waals surface area (Å²) in [6, 6.07) is 15.9. The van der Waals surface area contributed by atoms with Crippen molar-refractivity contribution in [3.63, 3.8) is 0 Å². The highest BCUT2D eigenvalue weighted by molar-refractivity contribution is 7.10.